The quantitative estimate of drug-likeness (QED) is 0.496. The third-order valence-electron chi connectivity index (χ3n) is 2.55. The van der Waals surface area contributed by atoms with Crippen molar-refractivity contribution in [2.75, 3.05) is 0 Å². The number of hydrogen-bond donors (Lipinski definition) is 1. The van der Waals surface area contributed by atoms with Gasteiger partial charge in [-0.25, -0.2) is 0 Å². The number of carbonyl (C=O) groups is 1. The number of ether oxygens (including phenoxy) is 1. The van der Waals surface area contributed by atoms with Gasteiger partial charge < -0.3 is 9.84 Å². The maximum Gasteiger partial charge on any atom is 0.308 e. The lowest BCUT2D eigenvalue weighted by atomic mass is 9.97. The highest BCUT2D eigenvalue weighted by atomic mass is 16.5. The topological polar surface area (TPSA) is 46.5 Å². The van der Waals surface area contributed by atoms with Crippen LogP contribution in [0.3, 0.4) is 0 Å². The molecule has 0 saturated heterocycles. The van der Waals surface area contributed by atoms with Crippen LogP contribution in [0.5, 0.6) is 11.5 Å². The first-order valence-electron chi connectivity index (χ1n) is 5.47. The Labute approximate surface area is 102 Å². The molecule has 0 spiro atoms. The van der Waals surface area contributed by atoms with Crippen molar-refractivity contribution in [3.8, 4) is 11.5 Å². The molecule has 0 aromatic heterocycles. The summed E-state index contributed by atoms with van der Waals surface area (Å²) >= 11 is 0. The second-order valence-corrected chi connectivity index (χ2v) is 4.37. The normalized spacial score (nSPS) is 10.1. The fraction of sp³-hybridized carbons (Fsp3) is 0.357. The lowest BCUT2D eigenvalue weighted by Gasteiger charge is -2.16. The fourth-order valence-electron chi connectivity index (χ4n) is 1.74. The largest absolute Gasteiger partial charge is 0.508 e. The molecule has 0 atom stereocenters. The van der Waals surface area contributed by atoms with E-state index in [4.69, 9.17) is 4.74 Å². The van der Waals surface area contributed by atoms with Crippen molar-refractivity contribution in [2.45, 2.75) is 34.1 Å². The molecule has 0 unspecified atom stereocenters. The second kappa shape index (κ2) is 5.04. The Hall–Kier alpha value is -1.77. The molecule has 0 saturated carbocycles. The van der Waals surface area contributed by atoms with E-state index in [1.54, 1.807) is 19.9 Å². The van der Waals surface area contributed by atoms with E-state index in [0.717, 1.165) is 22.3 Å². The highest BCUT2D eigenvalue weighted by Crippen LogP contribution is 2.34. The molecule has 0 aliphatic rings. The van der Waals surface area contributed by atoms with Gasteiger partial charge in [0.2, 0.25) is 0 Å². The highest BCUT2D eigenvalue weighted by molar-refractivity contribution is 5.71. The van der Waals surface area contributed by atoms with Crippen LogP contribution in [0.15, 0.2) is 18.2 Å². The Bertz CT molecular complexity index is 473. The third kappa shape index (κ3) is 3.09. The molecule has 0 aliphatic carbocycles. The first-order valence-corrected chi connectivity index (χ1v) is 5.47. The number of phenolic OH excluding ortho intramolecular Hbond substituents is 1. The van der Waals surface area contributed by atoms with E-state index < -0.39 is 0 Å². The second-order valence-electron chi connectivity index (χ2n) is 4.37. The molecule has 0 heterocycles. The van der Waals surface area contributed by atoms with Gasteiger partial charge in [0.1, 0.15) is 11.5 Å². The van der Waals surface area contributed by atoms with Gasteiger partial charge in [-0.1, -0.05) is 12.2 Å². The van der Waals surface area contributed by atoms with Crippen LogP contribution in [0, 0.1) is 13.8 Å². The van der Waals surface area contributed by atoms with E-state index >= 15 is 0 Å². The molecule has 1 rings (SSSR count). The molecule has 0 bridgehead atoms. The molecule has 0 fully saturated rings. The van der Waals surface area contributed by atoms with Crippen molar-refractivity contribution in [1.29, 1.82) is 0 Å². The Morgan fingerprint density at radius 3 is 2.47 bits per heavy atom. The van der Waals surface area contributed by atoms with Crippen molar-refractivity contribution in [1.82, 2.24) is 0 Å². The van der Waals surface area contributed by atoms with Gasteiger partial charge in [-0.15, -0.1) is 0 Å². The molecule has 0 radical (unpaired) electrons. The monoisotopic (exact) mass is 234 g/mol. The summed E-state index contributed by atoms with van der Waals surface area (Å²) in [6.45, 7) is 10.7. The van der Waals surface area contributed by atoms with E-state index in [0.29, 0.717) is 12.2 Å². The molecular formula is C14H18O3. The number of hydrogen-bond acceptors (Lipinski definition) is 3. The van der Waals surface area contributed by atoms with Crippen LogP contribution in [0.2, 0.25) is 0 Å². The van der Waals surface area contributed by atoms with Gasteiger partial charge in [0.25, 0.3) is 0 Å². The highest BCUT2D eigenvalue weighted by Gasteiger charge is 2.15. The average Bonchev–Trinajstić information content (AvgIpc) is 2.19. The first-order chi connectivity index (χ1) is 7.82. The number of esters is 1. The van der Waals surface area contributed by atoms with Gasteiger partial charge in [0.15, 0.2) is 0 Å². The summed E-state index contributed by atoms with van der Waals surface area (Å²) in [6.07, 6.45) is 0.587. The standard InChI is InChI=1S/C14H18O3/c1-8(2)6-12-10(4)13(16)7-9(3)14(12)17-11(5)15/h7,16H,1,6H2,2-5H3. The molecule has 0 aliphatic heterocycles. The summed E-state index contributed by atoms with van der Waals surface area (Å²) in [5, 5.41) is 9.78. The van der Waals surface area contributed by atoms with Gasteiger partial charge in [0.05, 0.1) is 0 Å². The minimum Gasteiger partial charge on any atom is -0.508 e. The van der Waals surface area contributed by atoms with Gasteiger partial charge in [-0.2, -0.15) is 0 Å². The van der Waals surface area contributed by atoms with Crippen molar-refractivity contribution in [3.05, 3.63) is 34.9 Å². The maximum absolute atomic E-state index is 11.1. The summed E-state index contributed by atoms with van der Waals surface area (Å²) in [5.74, 6) is 0.395. The molecule has 92 valence electrons. The predicted octanol–water partition coefficient (Wildman–Crippen LogP) is 3.05. The summed E-state index contributed by atoms with van der Waals surface area (Å²) in [4.78, 5) is 11.1. The number of rotatable bonds is 3. The van der Waals surface area contributed by atoms with Crippen molar-refractivity contribution < 1.29 is 14.6 Å². The van der Waals surface area contributed by atoms with Crippen molar-refractivity contribution in [3.63, 3.8) is 0 Å². The summed E-state index contributed by atoms with van der Waals surface area (Å²) in [5.41, 5.74) is 3.26. The number of benzene rings is 1. The van der Waals surface area contributed by atoms with Crippen LogP contribution in [0.1, 0.15) is 30.5 Å². The summed E-state index contributed by atoms with van der Waals surface area (Å²) < 4.78 is 5.22. The zero-order valence-electron chi connectivity index (χ0n) is 10.8. The van der Waals surface area contributed by atoms with Gasteiger partial charge in [-0.05, 0) is 44.4 Å². The van der Waals surface area contributed by atoms with Crippen LogP contribution in [0.4, 0.5) is 0 Å². The van der Waals surface area contributed by atoms with Crippen LogP contribution < -0.4 is 4.74 Å². The fourth-order valence-corrected chi connectivity index (χ4v) is 1.74. The number of phenols is 1. The Balaban J connectivity index is 3.38. The van der Waals surface area contributed by atoms with Gasteiger partial charge >= 0.3 is 5.97 Å². The van der Waals surface area contributed by atoms with Crippen LogP contribution in [-0.4, -0.2) is 11.1 Å². The van der Waals surface area contributed by atoms with Crippen LogP contribution in [-0.2, 0) is 11.2 Å². The Morgan fingerprint density at radius 2 is 2.00 bits per heavy atom. The van der Waals surface area contributed by atoms with E-state index in [9.17, 15) is 9.90 Å². The van der Waals surface area contributed by atoms with E-state index in [1.807, 2.05) is 6.92 Å². The number of aryl methyl sites for hydroxylation is 1. The van der Waals surface area contributed by atoms with E-state index in [2.05, 4.69) is 6.58 Å². The minimum atomic E-state index is -0.360. The lowest BCUT2D eigenvalue weighted by molar-refractivity contribution is -0.132. The number of allylic oxidation sites excluding steroid dienone is 1. The molecule has 1 N–H and O–H groups in total. The molecule has 1 aromatic rings. The zero-order valence-corrected chi connectivity index (χ0v) is 10.8. The lowest BCUT2D eigenvalue weighted by Crippen LogP contribution is -2.07. The summed E-state index contributed by atoms with van der Waals surface area (Å²) in [6, 6.07) is 1.61. The van der Waals surface area contributed by atoms with Gasteiger partial charge in [0, 0.05) is 12.5 Å². The summed E-state index contributed by atoms with van der Waals surface area (Å²) in [7, 11) is 0. The van der Waals surface area contributed by atoms with E-state index in [1.165, 1.54) is 6.92 Å². The third-order valence-corrected chi connectivity index (χ3v) is 2.55. The smallest absolute Gasteiger partial charge is 0.308 e. The SMILES string of the molecule is C=C(C)Cc1c(C)c(O)cc(C)c1OC(C)=O. The molecular weight excluding hydrogens is 216 g/mol. The van der Waals surface area contributed by atoms with Crippen molar-refractivity contribution >= 4 is 5.97 Å². The minimum absolute atomic E-state index is 0.217. The Kier molecular flexibility index (Phi) is 3.94. The first kappa shape index (κ1) is 13.3. The molecule has 3 heteroatoms. The maximum atomic E-state index is 11.1. The molecule has 3 nitrogen and oxygen atoms in total. The molecule has 0 amide bonds. The average molecular weight is 234 g/mol. The number of aromatic hydroxyl groups is 1. The van der Waals surface area contributed by atoms with Crippen LogP contribution in [0.25, 0.3) is 0 Å². The van der Waals surface area contributed by atoms with E-state index in [-0.39, 0.29) is 11.7 Å². The van der Waals surface area contributed by atoms with Crippen LogP contribution >= 0.6 is 0 Å². The zero-order chi connectivity index (χ0) is 13.2. The Morgan fingerprint density at radius 1 is 1.41 bits per heavy atom. The van der Waals surface area contributed by atoms with Crippen molar-refractivity contribution in [2.24, 2.45) is 0 Å². The predicted molar refractivity (Wildman–Crippen MR) is 67.4 cm³/mol. The molecule has 17 heavy (non-hydrogen) atoms. The van der Waals surface area contributed by atoms with Gasteiger partial charge in [-0.3, -0.25) is 4.79 Å². The molecule has 1 aromatic carbocycles. The number of carbonyl (C=O) groups excluding carboxylic acids is 1.